The molecule has 0 amide bonds. The zero-order chi connectivity index (χ0) is 21.4. The van der Waals surface area contributed by atoms with E-state index in [0.29, 0.717) is 6.42 Å². The van der Waals surface area contributed by atoms with E-state index in [1.54, 1.807) is 7.11 Å². The standard InChI is InChI=1S/C27H26N2O2/c1-17-7-9-18(10-8-17)20-15-24-26(25(30)16-20)27(19-11-13-21(31-2)14-12-19)29-23-6-4-3-5-22(23)28-24/h3-14,20,27-29H,15-16H2,1-2H3/t20-,27-/m1/s1. The molecule has 31 heavy (non-hydrogen) atoms. The number of carbonyl (C=O) groups is 1. The second-order valence-electron chi connectivity index (χ2n) is 8.35. The van der Waals surface area contributed by atoms with Crippen molar-refractivity contribution in [1.29, 1.82) is 0 Å². The molecule has 0 bridgehead atoms. The van der Waals surface area contributed by atoms with Crippen LogP contribution < -0.4 is 15.4 Å². The quantitative estimate of drug-likeness (QED) is 0.557. The summed E-state index contributed by atoms with van der Waals surface area (Å²) in [5.41, 5.74) is 7.36. The summed E-state index contributed by atoms with van der Waals surface area (Å²) in [7, 11) is 1.66. The number of carbonyl (C=O) groups excluding carboxylic acids is 1. The van der Waals surface area contributed by atoms with E-state index < -0.39 is 0 Å². The van der Waals surface area contributed by atoms with Crippen LogP contribution in [-0.2, 0) is 4.79 Å². The van der Waals surface area contributed by atoms with Gasteiger partial charge in [0.25, 0.3) is 0 Å². The van der Waals surface area contributed by atoms with Crippen LogP contribution in [0.15, 0.2) is 84.1 Å². The van der Waals surface area contributed by atoms with E-state index in [2.05, 4.69) is 54.0 Å². The largest absolute Gasteiger partial charge is 0.497 e. The van der Waals surface area contributed by atoms with Gasteiger partial charge in [-0.2, -0.15) is 0 Å². The van der Waals surface area contributed by atoms with Crippen molar-refractivity contribution in [2.45, 2.75) is 31.7 Å². The maximum absolute atomic E-state index is 13.5. The van der Waals surface area contributed by atoms with Crippen molar-refractivity contribution in [3.63, 3.8) is 0 Å². The molecular formula is C27H26N2O2. The Morgan fingerprint density at radius 1 is 0.839 bits per heavy atom. The number of Topliss-reactive ketones (excluding diaryl/α,β-unsaturated/α-hetero) is 1. The predicted octanol–water partition coefficient (Wildman–Crippen LogP) is 5.98. The van der Waals surface area contributed by atoms with Gasteiger partial charge in [-0.25, -0.2) is 0 Å². The second kappa shape index (κ2) is 7.95. The topological polar surface area (TPSA) is 50.4 Å². The van der Waals surface area contributed by atoms with E-state index in [-0.39, 0.29) is 17.7 Å². The van der Waals surface area contributed by atoms with Crippen LogP contribution in [0, 0.1) is 6.92 Å². The van der Waals surface area contributed by atoms with Crippen molar-refractivity contribution in [3.05, 3.63) is 101 Å². The molecular weight excluding hydrogens is 384 g/mol. The molecule has 0 saturated carbocycles. The van der Waals surface area contributed by atoms with Crippen LogP contribution in [0.4, 0.5) is 11.4 Å². The molecule has 2 aliphatic rings. The van der Waals surface area contributed by atoms with Gasteiger partial charge < -0.3 is 15.4 Å². The van der Waals surface area contributed by atoms with Gasteiger partial charge in [-0.05, 0) is 54.7 Å². The summed E-state index contributed by atoms with van der Waals surface area (Å²) in [5, 5.41) is 7.22. The molecule has 0 saturated heterocycles. The number of nitrogens with one attached hydrogen (secondary N) is 2. The van der Waals surface area contributed by atoms with Gasteiger partial charge in [-0.15, -0.1) is 0 Å². The molecule has 0 aromatic heterocycles. The van der Waals surface area contributed by atoms with Gasteiger partial charge in [0.05, 0.1) is 24.5 Å². The maximum atomic E-state index is 13.5. The van der Waals surface area contributed by atoms with Crippen molar-refractivity contribution in [2.24, 2.45) is 0 Å². The highest BCUT2D eigenvalue weighted by Crippen LogP contribution is 2.44. The van der Waals surface area contributed by atoms with Gasteiger partial charge in [-0.1, -0.05) is 54.1 Å². The third-order valence-corrected chi connectivity index (χ3v) is 6.31. The van der Waals surface area contributed by atoms with E-state index >= 15 is 0 Å². The minimum atomic E-state index is -0.205. The first kappa shape index (κ1) is 19.4. The summed E-state index contributed by atoms with van der Waals surface area (Å²) >= 11 is 0. The minimum Gasteiger partial charge on any atom is -0.497 e. The first-order valence-electron chi connectivity index (χ1n) is 10.7. The molecule has 0 spiro atoms. The lowest BCUT2D eigenvalue weighted by Gasteiger charge is -2.30. The van der Waals surface area contributed by atoms with E-state index in [9.17, 15) is 4.79 Å². The Kier molecular flexibility index (Phi) is 4.99. The van der Waals surface area contributed by atoms with Gasteiger partial charge in [0.1, 0.15) is 5.75 Å². The van der Waals surface area contributed by atoms with Gasteiger partial charge >= 0.3 is 0 Å². The van der Waals surface area contributed by atoms with Crippen molar-refractivity contribution >= 4 is 17.2 Å². The fourth-order valence-electron chi connectivity index (χ4n) is 4.61. The Hall–Kier alpha value is -3.53. The summed E-state index contributed by atoms with van der Waals surface area (Å²) in [6, 6.07) is 24.5. The number of fused-ring (bicyclic) bond motifs is 1. The van der Waals surface area contributed by atoms with Crippen molar-refractivity contribution in [3.8, 4) is 5.75 Å². The molecule has 2 atom stereocenters. The first-order valence-corrected chi connectivity index (χ1v) is 10.7. The van der Waals surface area contributed by atoms with Crippen LogP contribution in [0.1, 0.15) is 41.5 Å². The van der Waals surface area contributed by atoms with Gasteiger partial charge in [0.15, 0.2) is 5.78 Å². The third kappa shape index (κ3) is 3.70. The summed E-state index contributed by atoms with van der Waals surface area (Å²) in [6.45, 7) is 2.09. The Morgan fingerprint density at radius 2 is 1.52 bits per heavy atom. The summed E-state index contributed by atoms with van der Waals surface area (Å²) in [6.07, 6.45) is 1.33. The second-order valence-corrected chi connectivity index (χ2v) is 8.35. The molecule has 3 aromatic rings. The van der Waals surface area contributed by atoms with Crippen LogP contribution in [-0.4, -0.2) is 12.9 Å². The van der Waals surface area contributed by atoms with E-state index in [1.807, 2.05) is 36.4 Å². The molecule has 0 radical (unpaired) electrons. The third-order valence-electron chi connectivity index (χ3n) is 6.31. The van der Waals surface area contributed by atoms with Crippen LogP contribution in [0.25, 0.3) is 0 Å². The molecule has 1 aliphatic carbocycles. The van der Waals surface area contributed by atoms with Gasteiger partial charge in [-0.3, -0.25) is 4.79 Å². The summed E-state index contributed by atoms with van der Waals surface area (Å²) in [4.78, 5) is 13.5. The summed E-state index contributed by atoms with van der Waals surface area (Å²) in [5.74, 6) is 1.18. The molecule has 4 nitrogen and oxygen atoms in total. The Bertz CT molecular complexity index is 1150. The highest BCUT2D eigenvalue weighted by atomic mass is 16.5. The Morgan fingerprint density at radius 3 is 2.23 bits per heavy atom. The molecule has 4 heteroatoms. The number of hydrogen-bond acceptors (Lipinski definition) is 4. The minimum absolute atomic E-state index is 0.182. The average molecular weight is 411 g/mol. The van der Waals surface area contributed by atoms with Crippen LogP contribution in [0.3, 0.4) is 0 Å². The predicted molar refractivity (Wildman–Crippen MR) is 125 cm³/mol. The number of ketones is 1. The fraction of sp³-hybridized carbons (Fsp3) is 0.222. The molecule has 1 heterocycles. The number of anilines is 2. The molecule has 1 aliphatic heterocycles. The molecule has 0 unspecified atom stereocenters. The number of benzene rings is 3. The van der Waals surface area contributed by atoms with Crippen LogP contribution in [0.2, 0.25) is 0 Å². The lowest BCUT2D eigenvalue weighted by atomic mass is 9.78. The zero-order valence-electron chi connectivity index (χ0n) is 17.8. The zero-order valence-corrected chi connectivity index (χ0v) is 17.8. The van der Waals surface area contributed by atoms with Crippen molar-refractivity contribution < 1.29 is 9.53 Å². The van der Waals surface area contributed by atoms with Gasteiger partial charge in [0, 0.05) is 17.7 Å². The number of hydrogen-bond donors (Lipinski definition) is 2. The fourth-order valence-corrected chi connectivity index (χ4v) is 4.61. The Labute approximate surface area is 183 Å². The van der Waals surface area contributed by atoms with E-state index in [4.69, 9.17) is 4.74 Å². The molecule has 156 valence electrons. The van der Waals surface area contributed by atoms with E-state index in [1.165, 1.54) is 11.1 Å². The molecule has 0 fully saturated rings. The SMILES string of the molecule is COc1ccc([C@H]2Nc3ccccc3NC3=C2C(=O)C[C@H](c2ccc(C)cc2)C3)cc1. The monoisotopic (exact) mass is 410 g/mol. The lowest BCUT2D eigenvalue weighted by Crippen LogP contribution is -2.26. The molecule has 5 rings (SSSR count). The van der Waals surface area contributed by atoms with Crippen LogP contribution in [0.5, 0.6) is 5.75 Å². The highest BCUT2D eigenvalue weighted by Gasteiger charge is 2.36. The summed E-state index contributed by atoms with van der Waals surface area (Å²) < 4.78 is 5.32. The number of aryl methyl sites for hydroxylation is 1. The maximum Gasteiger partial charge on any atom is 0.163 e. The number of ether oxygens (including phenoxy) is 1. The lowest BCUT2D eigenvalue weighted by molar-refractivity contribution is -0.116. The first-order chi connectivity index (χ1) is 15.1. The number of rotatable bonds is 3. The Balaban J connectivity index is 1.58. The van der Waals surface area contributed by atoms with E-state index in [0.717, 1.165) is 40.4 Å². The smallest absolute Gasteiger partial charge is 0.163 e. The van der Waals surface area contributed by atoms with Crippen LogP contribution >= 0.6 is 0 Å². The van der Waals surface area contributed by atoms with Crippen molar-refractivity contribution in [2.75, 3.05) is 17.7 Å². The highest BCUT2D eigenvalue weighted by molar-refractivity contribution is 6.01. The average Bonchev–Trinajstić information content (AvgIpc) is 2.96. The normalized spacial score (nSPS) is 20.1. The number of allylic oxidation sites excluding steroid dienone is 1. The van der Waals surface area contributed by atoms with Gasteiger partial charge in [0.2, 0.25) is 0 Å². The van der Waals surface area contributed by atoms with Crippen molar-refractivity contribution in [1.82, 2.24) is 0 Å². The molecule has 3 aromatic carbocycles. The molecule has 2 N–H and O–H groups in total. The number of para-hydroxylation sites is 2. The number of methoxy groups -OCH3 is 1.